The van der Waals surface area contributed by atoms with Crippen LogP contribution in [0.2, 0.25) is 0 Å². The van der Waals surface area contributed by atoms with Gasteiger partial charge in [-0.05, 0) is 23.7 Å². The van der Waals surface area contributed by atoms with Crippen molar-refractivity contribution < 1.29 is 14.6 Å². The lowest BCUT2D eigenvalue weighted by atomic mass is 9.89. The van der Waals surface area contributed by atoms with Crippen LogP contribution < -0.4 is 0 Å². The lowest BCUT2D eigenvalue weighted by Gasteiger charge is -2.17. The molecule has 0 atom stereocenters. The van der Waals surface area contributed by atoms with Gasteiger partial charge >= 0.3 is 5.97 Å². The summed E-state index contributed by atoms with van der Waals surface area (Å²) in [5.41, 5.74) is 0.406. The fourth-order valence-electron chi connectivity index (χ4n) is 1.42. The first-order valence-electron chi connectivity index (χ1n) is 6.92. The average molecular weight is 258 g/mol. The van der Waals surface area contributed by atoms with E-state index in [-0.39, 0.29) is 11.4 Å². The lowest BCUT2D eigenvalue weighted by molar-refractivity contribution is -0.282. The van der Waals surface area contributed by atoms with Gasteiger partial charge in [0.2, 0.25) is 0 Å². The molecule has 0 bridgehead atoms. The Kier molecular flexibility index (Phi) is 7.53. The van der Waals surface area contributed by atoms with E-state index in [1.807, 2.05) is 20.8 Å². The highest BCUT2D eigenvalue weighted by molar-refractivity contribution is 5.68. The summed E-state index contributed by atoms with van der Waals surface area (Å²) >= 11 is 0. The predicted octanol–water partition coefficient (Wildman–Crippen LogP) is 4.50. The van der Waals surface area contributed by atoms with E-state index in [4.69, 9.17) is 9.78 Å². The number of carbonyl (C=O) groups is 1. The van der Waals surface area contributed by atoms with E-state index < -0.39 is 0 Å². The summed E-state index contributed by atoms with van der Waals surface area (Å²) in [6.07, 6.45) is 4.77. The lowest BCUT2D eigenvalue weighted by Crippen LogP contribution is -2.17. The van der Waals surface area contributed by atoms with Crippen LogP contribution in [0.25, 0.3) is 0 Å². The summed E-state index contributed by atoms with van der Waals surface area (Å²) in [7, 11) is 0. The molecule has 0 spiro atoms. The molecule has 0 aliphatic heterocycles. The van der Waals surface area contributed by atoms with Gasteiger partial charge in [0.15, 0.2) is 0 Å². The maximum Gasteiger partial charge on any atom is 0.342 e. The second-order valence-corrected chi connectivity index (χ2v) is 7.40. The summed E-state index contributed by atoms with van der Waals surface area (Å²) in [6, 6.07) is 0. The molecule has 0 aliphatic rings. The Morgan fingerprint density at radius 2 is 1.50 bits per heavy atom. The van der Waals surface area contributed by atoms with E-state index in [9.17, 15) is 4.79 Å². The topological polar surface area (TPSA) is 35.5 Å². The summed E-state index contributed by atoms with van der Waals surface area (Å²) in [4.78, 5) is 21.0. The van der Waals surface area contributed by atoms with Crippen molar-refractivity contribution in [3.8, 4) is 0 Å². The monoisotopic (exact) mass is 258 g/mol. The zero-order valence-corrected chi connectivity index (χ0v) is 13.0. The van der Waals surface area contributed by atoms with Gasteiger partial charge in [0.1, 0.15) is 0 Å². The molecule has 0 aromatic carbocycles. The molecule has 0 aliphatic carbocycles. The molecule has 18 heavy (non-hydrogen) atoms. The maximum absolute atomic E-state index is 11.3. The quantitative estimate of drug-likeness (QED) is 0.383. The molecule has 3 heteroatoms. The Morgan fingerprint density at radius 1 is 0.889 bits per heavy atom. The van der Waals surface area contributed by atoms with E-state index >= 15 is 0 Å². The van der Waals surface area contributed by atoms with Gasteiger partial charge in [-0.3, -0.25) is 4.89 Å². The number of carbonyl (C=O) groups excluding carboxylic acids is 1. The molecule has 0 fully saturated rings. The van der Waals surface area contributed by atoms with E-state index in [0.717, 1.165) is 12.8 Å². The SMILES string of the molecule is CC(C)(C)CCCCCC(=O)OOCC(C)(C)C. The van der Waals surface area contributed by atoms with Gasteiger partial charge in [-0.2, -0.15) is 4.89 Å². The molecule has 0 rings (SSSR count). The van der Waals surface area contributed by atoms with Crippen LogP contribution in [-0.4, -0.2) is 12.6 Å². The van der Waals surface area contributed by atoms with Gasteiger partial charge in [-0.15, -0.1) is 0 Å². The van der Waals surface area contributed by atoms with Gasteiger partial charge in [0.25, 0.3) is 0 Å². The molecule has 0 amide bonds. The number of hydrogen-bond acceptors (Lipinski definition) is 3. The predicted molar refractivity (Wildman–Crippen MR) is 74.0 cm³/mol. The fraction of sp³-hybridized carbons (Fsp3) is 0.933. The van der Waals surface area contributed by atoms with Crippen LogP contribution in [0.3, 0.4) is 0 Å². The first-order valence-corrected chi connectivity index (χ1v) is 6.92. The molecule has 0 saturated heterocycles. The van der Waals surface area contributed by atoms with Crippen molar-refractivity contribution in [2.24, 2.45) is 10.8 Å². The van der Waals surface area contributed by atoms with E-state index in [1.54, 1.807) is 0 Å². The highest BCUT2D eigenvalue weighted by Gasteiger charge is 2.13. The number of hydrogen-bond donors (Lipinski definition) is 0. The maximum atomic E-state index is 11.3. The van der Waals surface area contributed by atoms with Gasteiger partial charge in [0.05, 0.1) is 6.61 Å². The highest BCUT2D eigenvalue weighted by atomic mass is 17.2. The Labute approximate surface area is 112 Å². The third kappa shape index (κ3) is 13.5. The van der Waals surface area contributed by atoms with Crippen LogP contribution in [-0.2, 0) is 14.6 Å². The molecule has 0 heterocycles. The standard InChI is InChI=1S/C15H30O3/c1-14(2,3)11-9-7-8-10-13(16)18-17-12-15(4,5)6/h7-12H2,1-6H3. The normalized spacial score (nSPS) is 12.6. The van der Waals surface area contributed by atoms with E-state index in [1.165, 1.54) is 12.8 Å². The van der Waals surface area contributed by atoms with Crippen molar-refractivity contribution in [1.82, 2.24) is 0 Å². The smallest absolute Gasteiger partial charge is 0.298 e. The van der Waals surface area contributed by atoms with Crippen molar-refractivity contribution in [3.05, 3.63) is 0 Å². The van der Waals surface area contributed by atoms with Crippen molar-refractivity contribution in [2.75, 3.05) is 6.61 Å². The molecule has 0 N–H and O–H groups in total. The van der Waals surface area contributed by atoms with Crippen LogP contribution in [0.15, 0.2) is 0 Å². The van der Waals surface area contributed by atoms with Crippen LogP contribution in [0.4, 0.5) is 0 Å². The summed E-state index contributed by atoms with van der Waals surface area (Å²) in [6.45, 7) is 13.3. The fourth-order valence-corrected chi connectivity index (χ4v) is 1.42. The minimum Gasteiger partial charge on any atom is -0.298 e. The summed E-state index contributed by atoms with van der Waals surface area (Å²) in [5.74, 6) is -0.255. The zero-order valence-electron chi connectivity index (χ0n) is 13.0. The minimum absolute atomic E-state index is 0.0208. The largest absolute Gasteiger partial charge is 0.342 e. The Balaban J connectivity index is 3.44. The summed E-state index contributed by atoms with van der Waals surface area (Å²) in [5, 5.41) is 0. The van der Waals surface area contributed by atoms with Crippen LogP contribution in [0.5, 0.6) is 0 Å². The molecular weight excluding hydrogens is 228 g/mol. The minimum atomic E-state index is -0.255. The zero-order chi connectivity index (χ0) is 14.2. The molecule has 0 saturated carbocycles. The van der Waals surface area contributed by atoms with E-state index in [2.05, 4.69) is 20.8 Å². The third-order valence-electron chi connectivity index (χ3n) is 2.45. The second kappa shape index (κ2) is 7.78. The second-order valence-electron chi connectivity index (χ2n) is 7.40. The van der Waals surface area contributed by atoms with Crippen LogP contribution in [0, 0.1) is 10.8 Å². The number of rotatable bonds is 7. The first-order chi connectivity index (χ1) is 8.10. The van der Waals surface area contributed by atoms with Gasteiger partial charge in [-0.25, -0.2) is 4.79 Å². The number of unbranched alkanes of at least 4 members (excludes halogenated alkanes) is 2. The van der Waals surface area contributed by atoms with Gasteiger partial charge in [-0.1, -0.05) is 54.4 Å². The molecule has 0 unspecified atom stereocenters. The van der Waals surface area contributed by atoms with Crippen molar-refractivity contribution in [2.45, 2.75) is 73.6 Å². The first kappa shape index (κ1) is 17.4. The van der Waals surface area contributed by atoms with E-state index in [0.29, 0.717) is 18.4 Å². The van der Waals surface area contributed by atoms with Crippen molar-refractivity contribution in [1.29, 1.82) is 0 Å². The molecule has 108 valence electrons. The van der Waals surface area contributed by atoms with Crippen molar-refractivity contribution in [3.63, 3.8) is 0 Å². The van der Waals surface area contributed by atoms with Crippen LogP contribution >= 0.6 is 0 Å². The van der Waals surface area contributed by atoms with Crippen LogP contribution in [0.1, 0.15) is 73.6 Å². The Hall–Kier alpha value is -0.570. The summed E-state index contributed by atoms with van der Waals surface area (Å²) < 4.78 is 0. The average Bonchev–Trinajstić information content (AvgIpc) is 2.13. The molecule has 0 aromatic heterocycles. The Morgan fingerprint density at radius 3 is 2.00 bits per heavy atom. The van der Waals surface area contributed by atoms with Gasteiger partial charge in [0, 0.05) is 6.42 Å². The molecule has 0 aromatic rings. The third-order valence-corrected chi connectivity index (χ3v) is 2.45. The van der Waals surface area contributed by atoms with Crippen molar-refractivity contribution >= 4 is 5.97 Å². The molecule has 3 nitrogen and oxygen atoms in total. The highest BCUT2D eigenvalue weighted by Crippen LogP contribution is 2.22. The molecule has 0 radical (unpaired) electrons. The van der Waals surface area contributed by atoms with Gasteiger partial charge < -0.3 is 0 Å². The Bertz CT molecular complexity index is 233. The molecular formula is C15H30O3.